The van der Waals surface area contributed by atoms with Crippen molar-refractivity contribution in [3.63, 3.8) is 0 Å². The second-order valence-corrected chi connectivity index (χ2v) is 6.32. The summed E-state index contributed by atoms with van der Waals surface area (Å²) in [7, 11) is 0. The molecule has 0 spiro atoms. The van der Waals surface area contributed by atoms with Crippen LogP contribution in [0.2, 0.25) is 0 Å². The Morgan fingerprint density at radius 2 is 2.04 bits per heavy atom. The second-order valence-electron chi connectivity index (χ2n) is 6.32. The molecule has 2 N–H and O–H groups in total. The molecule has 2 amide bonds. The highest BCUT2D eigenvalue weighted by molar-refractivity contribution is 5.82. The molecule has 1 heterocycles. The maximum absolute atomic E-state index is 11.9. The molecule has 0 bridgehead atoms. The zero-order valence-corrected chi connectivity index (χ0v) is 14.8. The first kappa shape index (κ1) is 17.8. The lowest BCUT2D eigenvalue weighted by Crippen LogP contribution is -2.47. The average Bonchev–Trinajstić information content (AvgIpc) is 2.65. The summed E-state index contributed by atoms with van der Waals surface area (Å²) >= 11 is 0. The van der Waals surface area contributed by atoms with Crippen LogP contribution in [-0.2, 0) is 16.1 Å². The van der Waals surface area contributed by atoms with Crippen LogP contribution < -0.4 is 20.3 Å². The van der Waals surface area contributed by atoms with Gasteiger partial charge in [0.25, 0.3) is 5.91 Å². The molecular weight excluding hydrogens is 330 g/mol. The van der Waals surface area contributed by atoms with E-state index in [9.17, 15) is 9.59 Å². The van der Waals surface area contributed by atoms with E-state index in [0.717, 1.165) is 23.4 Å². The second kappa shape index (κ2) is 8.38. The van der Waals surface area contributed by atoms with Gasteiger partial charge in [-0.15, -0.1) is 0 Å². The van der Waals surface area contributed by atoms with Crippen molar-refractivity contribution < 1.29 is 14.3 Å². The lowest BCUT2D eigenvalue weighted by molar-refractivity contribution is -0.123. The van der Waals surface area contributed by atoms with E-state index >= 15 is 0 Å². The number of amides is 2. The largest absolute Gasteiger partial charge is 0.484 e. The van der Waals surface area contributed by atoms with Crippen LogP contribution >= 0.6 is 0 Å². The molecule has 26 heavy (non-hydrogen) atoms. The van der Waals surface area contributed by atoms with Gasteiger partial charge in [-0.05, 0) is 42.3 Å². The summed E-state index contributed by atoms with van der Waals surface area (Å²) in [5.74, 6) is 0.569. The van der Waals surface area contributed by atoms with Crippen molar-refractivity contribution in [2.45, 2.75) is 13.5 Å². The number of rotatable bonds is 6. The van der Waals surface area contributed by atoms with Crippen molar-refractivity contribution in [3.8, 4) is 5.75 Å². The number of aryl methyl sites for hydroxylation is 1. The van der Waals surface area contributed by atoms with Crippen LogP contribution in [0, 0.1) is 6.92 Å². The fraction of sp³-hybridized carbons (Fsp3) is 0.300. The van der Waals surface area contributed by atoms with Gasteiger partial charge in [-0.1, -0.05) is 24.3 Å². The number of anilines is 1. The number of benzene rings is 2. The predicted molar refractivity (Wildman–Crippen MR) is 100 cm³/mol. The molecule has 2 aromatic carbocycles. The Labute approximate surface area is 153 Å². The van der Waals surface area contributed by atoms with Crippen molar-refractivity contribution in [1.29, 1.82) is 0 Å². The molecule has 6 nitrogen and oxygen atoms in total. The molecule has 0 atom stereocenters. The quantitative estimate of drug-likeness (QED) is 0.828. The average molecular weight is 353 g/mol. The van der Waals surface area contributed by atoms with E-state index < -0.39 is 0 Å². The molecule has 0 aliphatic carbocycles. The van der Waals surface area contributed by atoms with Gasteiger partial charge in [0.05, 0.1) is 6.54 Å². The highest BCUT2D eigenvalue weighted by Crippen LogP contribution is 2.16. The van der Waals surface area contributed by atoms with Gasteiger partial charge in [0, 0.05) is 25.3 Å². The number of ether oxygens (including phenoxy) is 1. The monoisotopic (exact) mass is 353 g/mol. The van der Waals surface area contributed by atoms with E-state index in [0.29, 0.717) is 25.4 Å². The van der Waals surface area contributed by atoms with Gasteiger partial charge in [-0.2, -0.15) is 0 Å². The van der Waals surface area contributed by atoms with Gasteiger partial charge in [0.1, 0.15) is 5.75 Å². The molecule has 0 saturated carbocycles. The number of piperazine rings is 1. The van der Waals surface area contributed by atoms with Gasteiger partial charge in [0.2, 0.25) is 5.91 Å². The Morgan fingerprint density at radius 1 is 1.23 bits per heavy atom. The Bertz CT molecular complexity index is 774. The number of carbonyl (C=O) groups is 2. The molecule has 1 saturated heterocycles. The highest BCUT2D eigenvalue weighted by Gasteiger charge is 2.16. The summed E-state index contributed by atoms with van der Waals surface area (Å²) in [6.07, 6.45) is 0. The summed E-state index contributed by atoms with van der Waals surface area (Å²) in [5, 5.41) is 5.66. The first-order chi connectivity index (χ1) is 12.6. The molecular formula is C20H23N3O3. The van der Waals surface area contributed by atoms with Crippen LogP contribution in [-0.4, -0.2) is 38.1 Å². The Balaban J connectivity index is 1.45. The van der Waals surface area contributed by atoms with E-state index in [1.54, 1.807) is 0 Å². The normalized spacial score (nSPS) is 13.9. The van der Waals surface area contributed by atoms with Crippen molar-refractivity contribution in [3.05, 3.63) is 59.7 Å². The first-order valence-corrected chi connectivity index (χ1v) is 8.67. The van der Waals surface area contributed by atoms with Gasteiger partial charge < -0.3 is 20.3 Å². The number of hydrogen-bond donors (Lipinski definition) is 2. The first-order valence-electron chi connectivity index (χ1n) is 8.67. The van der Waals surface area contributed by atoms with Gasteiger partial charge in [-0.25, -0.2) is 0 Å². The van der Waals surface area contributed by atoms with Crippen molar-refractivity contribution >= 4 is 17.5 Å². The summed E-state index contributed by atoms with van der Waals surface area (Å²) in [6.45, 7) is 4.26. The van der Waals surface area contributed by atoms with Gasteiger partial charge in [-0.3, -0.25) is 9.59 Å². The molecule has 0 aromatic heterocycles. The van der Waals surface area contributed by atoms with E-state index in [4.69, 9.17) is 4.74 Å². The molecule has 1 fully saturated rings. The number of carbonyl (C=O) groups excluding carboxylic acids is 2. The third-order valence-corrected chi connectivity index (χ3v) is 4.19. The van der Waals surface area contributed by atoms with Crippen LogP contribution in [0.25, 0.3) is 0 Å². The van der Waals surface area contributed by atoms with E-state index in [2.05, 4.69) is 10.6 Å². The highest BCUT2D eigenvalue weighted by atomic mass is 16.5. The van der Waals surface area contributed by atoms with Crippen LogP contribution in [0.3, 0.4) is 0 Å². The molecule has 2 aromatic rings. The summed E-state index contributed by atoms with van der Waals surface area (Å²) in [4.78, 5) is 25.4. The molecule has 0 radical (unpaired) electrons. The van der Waals surface area contributed by atoms with Crippen LogP contribution in [0.15, 0.2) is 48.5 Å². The molecule has 3 rings (SSSR count). The maximum Gasteiger partial charge on any atom is 0.258 e. The minimum Gasteiger partial charge on any atom is -0.484 e. The lowest BCUT2D eigenvalue weighted by atomic mass is 10.2. The minimum absolute atomic E-state index is 0.00950. The smallest absolute Gasteiger partial charge is 0.258 e. The molecule has 1 aliphatic rings. The standard InChI is InChI=1S/C20H23N3O3/c1-15-3-2-4-18(11-15)26-14-20(25)22-12-16-5-7-17(8-6-16)23-10-9-21-19(24)13-23/h2-8,11H,9-10,12-14H2,1H3,(H,21,24)(H,22,25). The number of nitrogens with one attached hydrogen (secondary N) is 2. The number of hydrogen-bond acceptors (Lipinski definition) is 4. The van der Waals surface area contributed by atoms with Gasteiger partial charge in [0.15, 0.2) is 6.61 Å². The fourth-order valence-electron chi connectivity index (χ4n) is 2.79. The zero-order chi connectivity index (χ0) is 18.4. The zero-order valence-electron chi connectivity index (χ0n) is 14.8. The number of nitrogens with zero attached hydrogens (tertiary/aromatic N) is 1. The van der Waals surface area contributed by atoms with Crippen molar-refractivity contribution in [2.24, 2.45) is 0 Å². The lowest BCUT2D eigenvalue weighted by Gasteiger charge is -2.28. The van der Waals surface area contributed by atoms with Crippen LogP contribution in [0.4, 0.5) is 5.69 Å². The third-order valence-electron chi connectivity index (χ3n) is 4.19. The van der Waals surface area contributed by atoms with Crippen LogP contribution in [0.5, 0.6) is 5.75 Å². The Morgan fingerprint density at radius 3 is 2.77 bits per heavy atom. The van der Waals surface area contributed by atoms with E-state index in [-0.39, 0.29) is 18.4 Å². The van der Waals surface area contributed by atoms with E-state index in [1.807, 2.05) is 60.4 Å². The fourth-order valence-corrected chi connectivity index (χ4v) is 2.79. The molecule has 1 aliphatic heterocycles. The van der Waals surface area contributed by atoms with Gasteiger partial charge >= 0.3 is 0 Å². The van der Waals surface area contributed by atoms with Crippen molar-refractivity contribution in [1.82, 2.24) is 10.6 Å². The molecule has 136 valence electrons. The van der Waals surface area contributed by atoms with Crippen molar-refractivity contribution in [2.75, 3.05) is 31.1 Å². The Kier molecular flexibility index (Phi) is 5.73. The maximum atomic E-state index is 11.9. The predicted octanol–water partition coefficient (Wildman–Crippen LogP) is 1.63. The van der Waals surface area contributed by atoms with E-state index in [1.165, 1.54) is 0 Å². The minimum atomic E-state index is -0.164. The summed E-state index contributed by atoms with van der Waals surface area (Å²) in [5.41, 5.74) is 3.10. The Hall–Kier alpha value is -3.02. The molecule has 6 heteroatoms. The molecule has 0 unspecified atom stereocenters. The topological polar surface area (TPSA) is 70.7 Å². The summed E-state index contributed by atoms with van der Waals surface area (Å²) < 4.78 is 5.49. The van der Waals surface area contributed by atoms with Crippen LogP contribution in [0.1, 0.15) is 11.1 Å². The SMILES string of the molecule is Cc1cccc(OCC(=O)NCc2ccc(N3CCNC(=O)C3)cc2)c1. The summed E-state index contributed by atoms with van der Waals surface area (Å²) in [6, 6.07) is 15.5. The third kappa shape index (κ3) is 4.99.